The van der Waals surface area contributed by atoms with Crippen LogP contribution < -0.4 is 10.1 Å². The summed E-state index contributed by atoms with van der Waals surface area (Å²) in [6.45, 7) is 11.9. The quantitative estimate of drug-likeness (QED) is 0.910. The molecule has 0 spiro atoms. The number of rotatable bonds is 4. The number of carbonyl (C=O) groups is 1. The Morgan fingerprint density at radius 2 is 1.81 bits per heavy atom. The molecule has 0 aliphatic heterocycles. The Morgan fingerprint density at radius 3 is 2.29 bits per heavy atom. The summed E-state index contributed by atoms with van der Waals surface area (Å²) < 4.78 is 19.5. The Balaban J connectivity index is 2.62. The van der Waals surface area contributed by atoms with Crippen molar-refractivity contribution in [3.63, 3.8) is 0 Å². The topological polar surface area (TPSA) is 38.3 Å². The van der Waals surface area contributed by atoms with Crippen molar-refractivity contribution < 1.29 is 13.9 Å². The summed E-state index contributed by atoms with van der Waals surface area (Å²) in [6.07, 6.45) is 0.445. The van der Waals surface area contributed by atoms with Gasteiger partial charge in [0, 0.05) is 13.0 Å². The zero-order chi connectivity index (χ0) is 16.3. The van der Waals surface area contributed by atoms with Crippen LogP contribution in [0.5, 0.6) is 5.75 Å². The monoisotopic (exact) mass is 295 g/mol. The van der Waals surface area contributed by atoms with Gasteiger partial charge in [0.1, 0.15) is 5.60 Å². The molecule has 0 aliphatic carbocycles. The zero-order valence-electron chi connectivity index (χ0n) is 13.8. The smallest absolute Gasteiger partial charge is 0.220 e. The second-order valence-corrected chi connectivity index (χ2v) is 7.49. The van der Waals surface area contributed by atoms with Crippen LogP contribution in [0.3, 0.4) is 0 Å². The van der Waals surface area contributed by atoms with Crippen LogP contribution in [0.1, 0.15) is 53.5 Å². The van der Waals surface area contributed by atoms with Gasteiger partial charge in [-0.15, -0.1) is 0 Å². The second-order valence-electron chi connectivity index (χ2n) is 7.49. The minimum atomic E-state index is -0.441. The fourth-order valence-electron chi connectivity index (χ4n) is 1.81. The number of carbonyl (C=O) groups excluding carboxylic acids is 1. The molecule has 0 radical (unpaired) electrons. The van der Waals surface area contributed by atoms with E-state index in [4.69, 9.17) is 4.74 Å². The number of halogens is 1. The van der Waals surface area contributed by atoms with Gasteiger partial charge in [-0.3, -0.25) is 4.79 Å². The highest BCUT2D eigenvalue weighted by atomic mass is 19.1. The molecule has 0 atom stereocenters. The van der Waals surface area contributed by atoms with Crippen LogP contribution in [-0.2, 0) is 11.3 Å². The molecule has 0 saturated heterocycles. The zero-order valence-corrected chi connectivity index (χ0v) is 13.8. The molecule has 3 nitrogen and oxygen atoms in total. The SMILES string of the molecule is CC(C)(C)CC(=O)NCc1ccc(OC(C)(C)C)c(F)c1. The molecule has 0 aliphatic rings. The van der Waals surface area contributed by atoms with E-state index in [1.807, 2.05) is 41.5 Å². The van der Waals surface area contributed by atoms with Gasteiger partial charge in [-0.2, -0.15) is 0 Å². The van der Waals surface area contributed by atoms with Crippen LogP contribution in [0.2, 0.25) is 0 Å². The van der Waals surface area contributed by atoms with E-state index < -0.39 is 11.4 Å². The lowest BCUT2D eigenvalue weighted by atomic mass is 9.92. The van der Waals surface area contributed by atoms with Gasteiger partial charge in [-0.05, 0) is 43.9 Å². The van der Waals surface area contributed by atoms with Crippen molar-refractivity contribution in [1.82, 2.24) is 5.32 Å². The predicted octanol–water partition coefficient (Wildman–Crippen LogP) is 4.06. The van der Waals surface area contributed by atoms with E-state index in [0.29, 0.717) is 13.0 Å². The summed E-state index contributed by atoms with van der Waals surface area (Å²) in [5.41, 5.74) is 0.222. The van der Waals surface area contributed by atoms with Crippen LogP contribution >= 0.6 is 0 Å². The molecular weight excluding hydrogens is 269 g/mol. The summed E-state index contributed by atoms with van der Waals surface area (Å²) in [4.78, 5) is 11.7. The molecular formula is C17H26FNO2. The van der Waals surface area contributed by atoms with E-state index in [1.165, 1.54) is 6.07 Å². The van der Waals surface area contributed by atoms with Gasteiger partial charge in [0.2, 0.25) is 5.91 Å². The number of nitrogens with one attached hydrogen (secondary N) is 1. The predicted molar refractivity (Wildman–Crippen MR) is 82.7 cm³/mol. The lowest BCUT2D eigenvalue weighted by Gasteiger charge is -2.22. The van der Waals surface area contributed by atoms with Crippen molar-refractivity contribution in [2.75, 3.05) is 0 Å². The van der Waals surface area contributed by atoms with Crippen LogP contribution in [0.4, 0.5) is 4.39 Å². The van der Waals surface area contributed by atoms with Gasteiger partial charge >= 0.3 is 0 Å². The number of benzene rings is 1. The first-order chi connectivity index (χ1) is 9.46. The molecule has 0 unspecified atom stereocenters. The first-order valence-corrected chi connectivity index (χ1v) is 7.20. The fourth-order valence-corrected chi connectivity index (χ4v) is 1.81. The third-order valence-corrected chi connectivity index (χ3v) is 2.59. The summed E-state index contributed by atoms with van der Waals surface area (Å²) in [7, 11) is 0. The number of amides is 1. The van der Waals surface area contributed by atoms with E-state index in [1.54, 1.807) is 12.1 Å². The fraction of sp³-hybridized carbons (Fsp3) is 0.588. The molecule has 1 rings (SSSR count). The molecule has 1 aromatic carbocycles. The van der Waals surface area contributed by atoms with Crippen molar-refractivity contribution in [2.24, 2.45) is 5.41 Å². The van der Waals surface area contributed by atoms with E-state index in [0.717, 1.165) is 5.56 Å². The van der Waals surface area contributed by atoms with E-state index in [2.05, 4.69) is 5.32 Å². The normalized spacial score (nSPS) is 12.1. The maximum absolute atomic E-state index is 13.9. The van der Waals surface area contributed by atoms with Gasteiger partial charge in [-0.25, -0.2) is 4.39 Å². The van der Waals surface area contributed by atoms with Gasteiger partial charge < -0.3 is 10.1 Å². The Bertz CT molecular complexity index is 498. The second kappa shape index (κ2) is 6.46. The lowest BCUT2D eigenvalue weighted by Crippen LogP contribution is -2.27. The third kappa shape index (κ3) is 7.11. The molecule has 1 aromatic rings. The van der Waals surface area contributed by atoms with E-state index in [9.17, 15) is 9.18 Å². The third-order valence-electron chi connectivity index (χ3n) is 2.59. The number of hydrogen-bond acceptors (Lipinski definition) is 2. The molecule has 21 heavy (non-hydrogen) atoms. The highest BCUT2D eigenvalue weighted by Gasteiger charge is 2.17. The summed E-state index contributed by atoms with van der Waals surface area (Å²) in [5.74, 6) is -0.210. The average Bonchev–Trinajstić information content (AvgIpc) is 2.26. The van der Waals surface area contributed by atoms with Crippen molar-refractivity contribution in [2.45, 2.75) is 60.1 Å². The minimum absolute atomic E-state index is 0.0297. The van der Waals surface area contributed by atoms with Crippen molar-refractivity contribution >= 4 is 5.91 Å². The van der Waals surface area contributed by atoms with Crippen molar-refractivity contribution in [1.29, 1.82) is 0 Å². The summed E-state index contributed by atoms with van der Waals surface area (Å²) in [6, 6.07) is 4.77. The Morgan fingerprint density at radius 1 is 1.19 bits per heavy atom. The molecule has 4 heteroatoms. The van der Waals surface area contributed by atoms with Gasteiger partial charge in [0.05, 0.1) is 0 Å². The Hall–Kier alpha value is -1.58. The highest BCUT2D eigenvalue weighted by Crippen LogP contribution is 2.23. The van der Waals surface area contributed by atoms with Gasteiger partial charge in [0.15, 0.2) is 11.6 Å². The first-order valence-electron chi connectivity index (χ1n) is 7.20. The van der Waals surface area contributed by atoms with Crippen molar-refractivity contribution in [3.8, 4) is 5.75 Å². The van der Waals surface area contributed by atoms with Crippen molar-refractivity contribution in [3.05, 3.63) is 29.6 Å². The van der Waals surface area contributed by atoms with Gasteiger partial charge in [0.25, 0.3) is 0 Å². The molecule has 1 N–H and O–H groups in total. The molecule has 0 aromatic heterocycles. The van der Waals surface area contributed by atoms with Crippen LogP contribution in [0.25, 0.3) is 0 Å². The maximum Gasteiger partial charge on any atom is 0.220 e. The molecule has 1 amide bonds. The average molecular weight is 295 g/mol. The van der Waals surface area contributed by atoms with Crippen LogP contribution in [0.15, 0.2) is 18.2 Å². The number of hydrogen-bond donors (Lipinski definition) is 1. The Labute approximate surface area is 126 Å². The summed E-state index contributed by atoms with van der Waals surface area (Å²) in [5, 5.41) is 2.80. The van der Waals surface area contributed by atoms with E-state index in [-0.39, 0.29) is 17.1 Å². The molecule has 0 heterocycles. The molecule has 0 bridgehead atoms. The van der Waals surface area contributed by atoms with E-state index >= 15 is 0 Å². The minimum Gasteiger partial charge on any atom is -0.485 e. The van der Waals surface area contributed by atoms with Crippen LogP contribution in [0, 0.1) is 11.2 Å². The highest BCUT2D eigenvalue weighted by molar-refractivity contribution is 5.76. The maximum atomic E-state index is 13.9. The molecule has 118 valence electrons. The largest absolute Gasteiger partial charge is 0.485 e. The first kappa shape index (κ1) is 17.5. The lowest BCUT2D eigenvalue weighted by molar-refractivity contribution is -0.122. The Kier molecular flexibility index (Phi) is 5.37. The standard InChI is InChI=1S/C17H26FNO2/c1-16(2,3)10-15(20)19-11-12-7-8-14(13(18)9-12)21-17(4,5)6/h7-9H,10-11H2,1-6H3,(H,19,20). The molecule has 0 fully saturated rings. The number of ether oxygens (including phenoxy) is 1. The summed E-state index contributed by atoms with van der Waals surface area (Å²) >= 11 is 0. The van der Waals surface area contributed by atoms with Crippen LogP contribution in [-0.4, -0.2) is 11.5 Å². The van der Waals surface area contributed by atoms with Gasteiger partial charge in [-0.1, -0.05) is 26.8 Å². The molecule has 0 saturated carbocycles.